The minimum absolute atomic E-state index is 0.0311. The SMILES string of the molecule is O=C(c1cc(-c2ccc(-c3ccccc3)cc2)cc(-c2ccc(-c3ccccc3)cc2)c1)c1cc(-c2cccc(-c3ccccc3)c2)cc(-c2cccc(-c3ccccc3)c2)c1. The molecular weight excluding hydrogens is 749 g/mol. The average Bonchev–Trinajstić information content (AvgIpc) is 3.37. The molecule has 0 saturated carbocycles. The molecule has 0 saturated heterocycles. The quantitative estimate of drug-likeness (QED) is 0.126. The second-order valence-electron chi connectivity index (χ2n) is 15.7. The molecule has 1 heteroatoms. The van der Waals surface area contributed by atoms with Gasteiger partial charge < -0.3 is 0 Å². The van der Waals surface area contributed by atoms with E-state index in [0.29, 0.717) is 11.1 Å². The van der Waals surface area contributed by atoms with Gasteiger partial charge in [-0.1, -0.05) is 206 Å². The Morgan fingerprint density at radius 1 is 0.177 bits per heavy atom. The first kappa shape index (κ1) is 38.1. The van der Waals surface area contributed by atoms with E-state index in [-0.39, 0.29) is 5.78 Å². The molecule has 0 bridgehead atoms. The molecule has 0 aromatic heterocycles. The first-order chi connectivity index (χ1) is 30.6. The Bertz CT molecular complexity index is 2930. The Labute approximate surface area is 363 Å². The highest BCUT2D eigenvalue weighted by atomic mass is 16.1. The number of carbonyl (C=O) groups is 1. The molecule has 0 aliphatic heterocycles. The average molecular weight is 791 g/mol. The van der Waals surface area contributed by atoms with Crippen molar-refractivity contribution in [1.82, 2.24) is 0 Å². The summed E-state index contributed by atoms with van der Waals surface area (Å²) in [5, 5.41) is 0. The Morgan fingerprint density at radius 3 is 0.677 bits per heavy atom. The number of ketones is 1. The lowest BCUT2D eigenvalue weighted by atomic mass is 9.89. The van der Waals surface area contributed by atoms with E-state index < -0.39 is 0 Å². The van der Waals surface area contributed by atoms with Gasteiger partial charge in [0.2, 0.25) is 0 Å². The Hall–Kier alpha value is -8.13. The zero-order valence-electron chi connectivity index (χ0n) is 34.2. The van der Waals surface area contributed by atoms with Crippen LogP contribution < -0.4 is 0 Å². The van der Waals surface area contributed by atoms with Crippen molar-refractivity contribution in [2.45, 2.75) is 0 Å². The summed E-state index contributed by atoms with van der Waals surface area (Å²) in [4.78, 5) is 15.2. The second-order valence-corrected chi connectivity index (χ2v) is 15.7. The zero-order chi connectivity index (χ0) is 41.7. The molecule has 10 aromatic rings. The van der Waals surface area contributed by atoms with Gasteiger partial charge in [0.1, 0.15) is 0 Å². The molecule has 0 aliphatic carbocycles. The molecule has 0 heterocycles. The lowest BCUT2D eigenvalue weighted by Crippen LogP contribution is -2.03. The number of hydrogen-bond acceptors (Lipinski definition) is 1. The molecule has 0 N–H and O–H groups in total. The number of rotatable bonds is 10. The highest BCUT2D eigenvalue weighted by molar-refractivity contribution is 6.11. The summed E-state index contributed by atoms with van der Waals surface area (Å²) in [5.74, 6) is -0.0311. The molecule has 10 rings (SSSR count). The van der Waals surface area contributed by atoms with Crippen molar-refractivity contribution in [3.63, 3.8) is 0 Å². The third kappa shape index (κ3) is 8.21. The van der Waals surface area contributed by atoms with Gasteiger partial charge in [-0.3, -0.25) is 4.79 Å². The van der Waals surface area contributed by atoms with Crippen molar-refractivity contribution in [1.29, 1.82) is 0 Å². The van der Waals surface area contributed by atoms with E-state index in [2.05, 4.69) is 231 Å². The topological polar surface area (TPSA) is 17.1 Å². The van der Waals surface area contributed by atoms with Crippen LogP contribution in [0.5, 0.6) is 0 Å². The summed E-state index contributed by atoms with van der Waals surface area (Å²) in [5.41, 5.74) is 18.6. The molecule has 0 amide bonds. The first-order valence-electron chi connectivity index (χ1n) is 21.1. The number of hydrogen-bond donors (Lipinski definition) is 0. The van der Waals surface area contributed by atoms with Crippen molar-refractivity contribution < 1.29 is 4.79 Å². The molecule has 1 nitrogen and oxygen atoms in total. The van der Waals surface area contributed by atoms with Crippen molar-refractivity contribution in [3.8, 4) is 89.0 Å². The van der Waals surface area contributed by atoms with E-state index >= 15 is 4.79 Å². The van der Waals surface area contributed by atoms with Crippen LogP contribution in [0.15, 0.2) is 255 Å². The minimum atomic E-state index is -0.0311. The van der Waals surface area contributed by atoms with Crippen LogP contribution in [0.2, 0.25) is 0 Å². The summed E-state index contributed by atoms with van der Waals surface area (Å²) in [7, 11) is 0. The third-order valence-corrected chi connectivity index (χ3v) is 11.6. The molecule has 0 radical (unpaired) electrons. The van der Waals surface area contributed by atoms with Crippen molar-refractivity contribution in [3.05, 3.63) is 266 Å². The lowest BCUT2D eigenvalue weighted by Gasteiger charge is -2.14. The van der Waals surface area contributed by atoms with E-state index in [4.69, 9.17) is 0 Å². The molecule has 0 fully saturated rings. The Kier molecular flexibility index (Phi) is 10.6. The number of benzene rings is 10. The predicted molar refractivity (Wildman–Crippen MR) is 260 cm³/mol. The van der Waals surface area contributed by atoms with Crippen LogP contribution in [-0.2, 0) is 0 Å². The maximum atomic E-state index is 15.2. The number of carbonyl (C=O) groups excluding carboxylic acids is 1. The van der Waals surface area contributed by atoms with Gasteiger partial charge in [-0.15, -0.1) is 0 Å². The van der Waals surface area contributed by atoms with Crippen LogP contribution in [-0.4, -0.2) is 5.78 Å². The van der Waals surface area contributed by atoms with Gasteiger partial charge in [0, 0.05) is 11.1 Å². The van der Waals surface area contributed by atoms with Crippen LogP contribution in [0.1, 0.15) is 15.9 Å². The van der Waals surface area contributed by atoms with Crippen LogP contribution in [0.3, 0.4) is 0 Å². The van der Waals surface area contributed by atoms with E-state index in [0.717, 1.165) is 77.9 Å². The minimum Gasteiger partial charge on any atom is -0.289 e. The van der Waals surface area contributed by atoms with Crippen LogP contribution in [0.4, 0.5) is 0 Å². The standard InChI is InChI=1S/C61H42O/c62-61(59-39-55(49-31-27-47(28-32-49)43-15-5-1-6-16-43)37-56(40-59)50-33-29-48(30-34-50)44-17-7-2-8-18-44)60-41-57(53-25-13-23-51(35-53)45-19-9-3-10-20-45)38-58(42-60)54-26-14-24-52(36-54)46-21-11-4-12-22-46/h1-42H. The largest absolute Gasteiger partial charge is 0.289 e. The van der Waals surface area contributed by atoms with Crippen molar-refractivity contribution in [2.24, 2.45) is 0 Å². The van der Waals surface area contributed by atoms with Crippen LogP contribution in [0, 0.1) is 0 Å². The predicted octanol–water partition coefficient (Wildman–Crippen LogP) is 16.3. The second kappa shape index (κ2) is 17.2. The molecule has 10 aromatic carbocycles. The summed E-state index contributed by atoms with van der Waals surface area (Å²) in [6.45, 7) is 0. The van der Waals surface area contributed by atoms with E-state index in [9.17, 15) is 0 Å². The van der Waals surface area contributed by atoms with E-state index in [1.807, 2.05) is 24.3 Å². The lowest BCUT2D eigenvalue weighted by molar-refractivity contribution is 0.103. The Balaban J connectivity index is 1.10. The summed E-state index contributed by atoms with van der Waals surface area (Å²) < 4.78 is 0. The molecule has 0 aliphatic rings. The van der Waals surface area contributed by atoms with Gasteiger partial charge in [0.05, 0.1) is 0 Å². The zero-order valence-corrected chi connectivity index (χ0v) is 34.2. The first-order valence-corrected chi connectivity index (χ1v) is 21.1. The smallest absolute Gasteiger partial charge is 0.193 e. The fourth-order valence-electron chi connectivity index (χ4n) is 8.34. The summed E-state index contributed by atoms with van der Waals surface area (Å²) >= 11 is 0. The normalized spacial score (nSPS) is 11.0. The van der Waals surface area contributed by atoms with Gasteiger partial charge in [0.25, 0.3) is 0 Å². The molecule has 0 spiro atoms. The van der Waals surface area contributed by atoms with Crippen LogP contribution >= 0.6 is 0 Å². The van der Waals surface area contributed by atoms with Crippen LogP contribution in [0.25, 0.3) is 89.0 Å². The Morgan fingerprint density at radius 2 is 0.371 bits per heavy atom. The van der Waals surface area contributed by atoms with Crippen molar-refractivity contribution in [2.75, 3.05) is 0 Å². The molecule has 62 heavy (non-hydrogen) atoms. The maximum absolute atomic E-state index is 15.2. The van der Waals surface area contributed by atoms with E-state index in [1.165, 1.54) is 11.1 Å². The summed E-state index contributed by atoms with van der Waals surface area (Å²) in [6.07, 6.45) is 0. The summed E-state index contributed by atoms with van der Waals surface area (Å²) in [6, 6.07) is 88.9. The van der Waals surface area contributed by atoms with Gasteiger partial charge >= 0.3 is 0 Å². The highest BCUT2D eigenvalue weighted by Crippen LogP contribution is 2.36. The van der Waals surface area contributed by atoms with Crippen molar-refractivity contribution >= 4 is 5.78 Å². The fraction of sp³-hybridized carbons (Fsp3) is 0. The fourth-order valence-corrected chi connectivity index (χ4v) is 8.34. The maximum Gasteiger partial charge on any atom is 0.193 e. The molecule has 0 atom stereocenters. The van der Waals surface area contributed by atoms with Gasteiger partial charge in [0.15, 0.2) is 5.78 Å². The molecular formula is C61H42O. The molecule has 0 unspecified atom stereocenters. The molecule has 292 valence electrons. The van der Waals surface area contributed by atoms with Gasteiger partial charge in [-0.2, -0.15) is 0 Å². The van der Waals surface area contributed by atoms with E-state index in [1.54, 1.807) is 0 Å². The van der Waals surface area contributed by atoms with Gasteiger partial charge in [-0.05, 0) is 138 Å². The van der Waals surface area contributed by atoms with Gasteiger partial charge in [-0.25, -0.2) is 0 Å². The highest BCUT2D eigenvalue weighted by Gasteiger charge is 2.17. The third-order valence-electron chi connectivity index (χ3n) is 11.6. The monoisotopic (exact) mass is 790 g/mol.